The first-order valence-corrected chi connectivity index (χ1v) is 16.5. The van der Waals surface area contributed by atoms with Gasteiger partial charge >= 0.3 is 0 Å². The molecule has 1 aromatic carbocycles. The third kappa shape index (κ3) is 5.36. The molecule has 2 atom stereocenters. The second-order valence-corrected chi connectivity index (χ2v) is 20.2. The Labute approximate surface area is 176 Å². The van der Waals surface area contributed by atoms with Crippen molar-refractivity contribution in [2.24, 2.45) is 4.99 Å². The zero-order chi connectivity index (χ0) is 22.1. The molecule has 0 N–H and O–H groups in total. The first-order chi connectivity index (χ1) is 12.6. The Bertz CT molecular complexity index is 703. The molecule has 0 amide bonds. The summed E-state index contributed by atoms with van der Waals surface area (Å²) in [6, 6.07) is 6.86. The lowest BCUT2D eigenvalue weighted by Crippen LogP contribution is -2.53. The molecule has 5 heteroatoms. The average molecular weight is 421 g/mol. The van der Waals surface area contributed by atoms with Crippen LogP contribution in [0, 0.1) is 0 Å². The van der Waals surface area contributed by atoms with Gasteiger partial charge < -0.3 is 9.33 Å². The van der Waals surface area contributed by atoms with Gasteiger partial charge in [0, 0.05) is 38.6 Å². The Kier molecular flexibility index (Phi) is 7.93. The first-order valence-electron chi connectivity index (χ1n) is 10.5. The SMILES string of the molecule is CN=C(C)c1ccc(N(C)C)cc1[Si](C)(C)[C@H](C)C(C)O[Si](C)(C)C(C)(C)C. The van der Waals surface area contributed by atoms with Crippen molar-refractivity contribution in [3.63, 3.8) is 0 Å². The number of rotatable bonds is 7. The molecule has 1 aromatic rings. The van der Waals surface area contributed by atoms with Crippen LogP contribution in [0.4, 0.5) is 5.69 Å². The van der Waals surface area contributed by atoms with Gasteiger partial charge in [-0.05, 0) is 60.4 Å². The van der Waals surface area contributed by atoms with Crippen molar-refractivity contribution in [3.8, 4) is 0 Å². The molecule has 0 aliphatic rings. The van der Waals surface area contributed by atoms with Gasteiger partial charge in [-0.25, -0.2) is 0 Å². The van der Waals surface area contributed by atoms with Gasteiger partial charge in [-0.3, -0.25) is 4.99 Å². The van der Waals surface area contributed by atoms with Crippen molar-refractivity contribution < 1.29 is 4.43 Å². The lowest BCUT2D eigenvalue weighted by atomic mass is 10.1. The van der Waals surface area contributed by atoms with E-state index in [1.165, 1.54) is 16.4 Å². The van der Waals surface area contributed by atoms with Crippen molar-refractivity contribution >= 4 is 33.0 Å². The van der Waals surface area contributed by atoms with E-state index in [1.54, 1.807) is 0 Å². The van der Waals surface area contributed by atoms with Crippen molar-refractivity contribution in [3.05, 3.63) is 23.8 Å². The topological polar surface area (TPSA) is 24.8 Å². The van der Waals surface area contributed by atoms with Gasteiger partial charge in [0.05, 0.1) is 8.07 Å². The standard InChI is InChI=1S/C23H44N2OSi2/c1-17(24-7)21-15-14-20(25(8)9)16-22(21)27(10,11)19(3)18(2)26-28(12,13)23(4,5)6/h14-16,18-19H,1-13H3/t18?,19-/m1/s1. The highest BCUT2D eigenvalue weighted by atomic mass is 28.4. The lowest BCUT2D eigenvalue weighted by molar-refractivity contribution is 0.193. The molecule has 0 fully saturated rings. The Morgan fingerprint density at radius 1 is 1.07 bits per heavy atom. The summed E-state index contributed by atoms with van der Waals surface area (Å²) in [5.74, 6) is 0. The molecule has 0 aliphatic carbocycles. The molecule has 0 spiro atoms. The number of anilines is 1. The molecule has 0 bridgehead atoms. The van der Waals surface area contributed by atoms with Crippen molar-refractivity contribution in [2.45, 2.75) is 84.4 Å². The predicted molar refractivity (Wildman–Crippen MR) is 133 cm³/mol. The third-order valence-electron chi connectivity index (χ3n) is 7.07. The second-order valence-electron chi connectivity index (χ2n) is 10.5. The van der Waals surface area contributed by atoms with Crippen LogP contribution in [0.15, 0.2) is 23.2 Å². The van der Waals surface area contributed by atoms with Crippen LogP contribution in [-0.2, 0) is 4.43 Å². The summed E-state index contributed by atoms with van der Waals surface area (Å²) in [7, 11) is 2.51. The summed E-state index contributed by atoms with van der Waals surface area (Å²) in [6.07, 6.45) is 0.247. The van der Waals surface area contributed by atoms with Crippen LogP contribution in [-0.4, -0.2) is 49.3 Å². The van der Waals surface area contributed by atoms with Crippen LogP contribution in [0.25, 0.3) is 0 Å². The van der Waals surface area contributed by atoms with Crippen LogP contribution >= 0.6 is 0 Å². The van der Waals surface area contributed by atoms with E-state index in [-0.39, 0.29) is 11.1 Å². The molecule has 1 rings (SSSR count). The maximum absolute atomic E-state index is 6.81. The number of nitrogens with zero attached hydrogens (tertiary/aromatic N) is 2. The summed E-state index contributed by atoms with van der Waals surface area (Å²) in [6.45, 7) is 23.5. The molecule has 0 heterocycles. The van der Waals surface area contributed by atoms with E-state index in [0.29, 0.717) is 5.54 Å². The third-order valence-corrected chi connectivity index (χ3v) is 16.2. The number of hydrogen-bond donors (Lipinski definition) is 0. The van der Waals surface area contributed by atoms with Crippen LogP contribution in [0.1, 0.15) is 47.1 Å². The van der Waals surface area contributed by atoms with Crippen LogP contribution in [0.2, 0.25) is 36.8 Å². The van der Waals surface area contributed by atoms with E-state index < -0.39 is 16.4 Å². The van der Waals surface area contributed by atoms with Crippen molar-refractivity contribution in [2.75, 3.05) is 26.0 Å². The summed E-state index contributed by atoms with van der Waals surface area (Å²) in [5.41, 5.74) is 4.18. The Balaban J connectivity index is 3.38. The van der Waals surface area contributed by atoms with Gasteiger partial charge in [0.1, 0.15) is 0 Å². The molecule has 0 radical (unpaired) electrons. The monoisotopic (exact) mass is 420 g/mol. The summed E-state index contributed by atoms with van der Waals surface area (Å²) < 4.78 is 6.81. The number of aliphatic imine (C=N–C) groups is 1. The zero-order valence-electron chi connectivity index (χ0n) is 20.7. The second kappa shape index (κ2) is 8.84. The first kappa shape index (κ1) is 25.1. The fourth-order valence-corrected chi connectivity index (χ4v) is 8.19. The van der Waals surface area contributed by atoms with E-state index in [4.69, 9.17) is 4.43 Å². The highest BCUT2D eigenvalue weighted by molar-refractivity contribution is 6.92. The zero-order valence-corrected chi connectivity index (χ0v) is 22.7. The van der Waals surface area contributed by atoms with Crippen LogP contribution in [0.3, 0.4) is 0 Å². The Morgan fingerprint density at radius 2 is 1.61 bits per heavy atom. The molecule has 0 saturated carbocycles. The van der Waals surface area contributed by atoms with E-state index in [2.05, 4.69) is 110 Å². The van der Waals surface area contributed by atoms with E-state index in [1.807, 2.05) is 7.05 Å². The van der Waals surface area contributed by atoms with Gasteiger partial charge in [0.2, 0.25) is 0 Å². The van der Waals surface area contributed by atoms with Crippen LogP contribution < -0.4 is 10.1 Å². The molecular weight excluding hydrogens is 376 g/mol. The minimum Gasteiger partial charge on any atom is -0.414 e. The molecule has 0 aromatic heterocycles. The van der Waals surface area contributed by atoms with E-state index in [9.17, 15) is 0 Å². The number of hydrogen-bond acceptors (Lipinski definition) is 3. The lowest BCUT2D eigenvalue weighted by Gasteiger charge is -2.43. The van der Waals surface area contributed by atoms with Crippen molar-refractivity contribution in [1.82, 2.24) is 0 Å². The molecule has 3 nitrogen and oxygen atoms in total. The summed E-state index contributed by atoms with van der Waals surface area (Å²) in [4.78, 5) is 6.70. The Hall–Kier alpha value is -0.916. The maximum Gasteiger partial charge on any atom is 0.192 e. The van der Waals surface area contributed by atoms with Crippen LogP contribution in [0.5, 0.6) is 0 Å². The normalized spacial score (nSPS) is 16.1. The molecule has 160 valence electrons. The summed E-state index contributed by atoms with van der Waals surface area (Å²) in [5, 5.41) is 1.72. The van der Waals surface area contributed by atoms with Gasteiger partial charge in [-0.2, -0.15) is 0 Å². The highest BCUT2D eigenvalue weighted by Crippen LogP contribution is 2.40. The van der Waals surface area contributed by atoms with Crippen molar-refractivity contribution in [1.29, 1.82) is 0 Å². The largest absolute Gasteiger partial charge is 0.414 e. The fourth-order valence-electron chi connectivity index (χ4n) is 3.36. The minimum absolute atomic E-state index is 0.230. The van der Waals surface area contributed by atoms with E-state index in [0.717, 1.165) is 5.71 Å². The van der Waals surface area contributed by atoms with Gasteiger partial charge in [-0.1, -0.05) is 46.9 Å². The smallest absolute Gasteiger partial charge is 0.192 e. The molecule has 1 unspecified atom stereocenters. The quantitative estimate of drug-likeness (QED) is 0.405. The summed E-state index contributed by atoms with van der Waals surface area (Å²) >= 11 is 0. The Morgan fingerprint density at radius 3 is 2.04 bits per heavy atom. The van der Waals surface area contributed by atoms with E-state index >= 15 is 0 Å². The molecular formula is C23H44N2OSi2. The van der Waals surface area contributed by atoms with Gasteiger partial charge in [-0.15, -0.1) is 0 Å². The highest BCUT2D eigenvalue weighted by Gasteiger charge is 2.43. The molecule has 28 heavy (non-hydrogen) atoms. The molecule has 0 aliphatic heterocycles. The predicted octanol–water partition coefficient (Wildman–Crippen LogP) is 5.91. The average Bonchev–Trinajstić information content (AvgIpc) is 2.58. The number of benzene rings is 1. The minimum atomic E-state index is -1.82. The fraction of sp³-hybridized carbons (Fsp3) is 0.696. The van der Waals surface area contributed by atoms with Gasteiger partial charge in [0.25, 0.3) is 0 Å². The van der Waals surface area contributed by atoms with Gasteiger partial charge in [0.15, 0.2) is 8.32 Å². The molecule has 0 saturated heterocycles. The maximum atomic E-state index is 6.81.